The molecule has 1 aliphatic heterocycles. The van der Waals surface area contributed by atoms with Gasteiger partial charge in [0.2, 0.25) is 5.95 Å². The van der Waals surface area contributed by atoms with E-state index in [0.29, 0.717) is 6.04 Å². The van der Waals surface area contributed by atoms with Gasteiger partial charge in [-0.05, 0) is 32.4 Å². The van der Waals surface area contributed by atoms with Gasteiger partial charge in [-0.15, -0.1) is 0 Å². The van der Waals surface area contributed by atoms with Crippen molar-refractivity contribution in [2.45, 2.75) is 32.2 Å². The average molecular weight is 220 g/mol. The largest absolute Gasteiger partial charge is 0.342 e. The molecule has 1 aromatic rings. The molecule has 1 fully saturated rings. The summed E-state index contributed by atoms with van der Waals surface area (Å²) in [5.74, 6) is 0.826. The topological polar surface area (TPSA) is 41.1 Å². The summed E-state index contributed by atoms with van der Waals surface area (Å²) >= 11 is 0. The van der Waals surface area contributed by atoms with Crippen molar-refractivity contribution in [1.29, 1.82) is 0 Å². The first-order chi connectivity index (χ1) is 7.75. The summed E-state index contributed by atoms with van der Waals surface area (Å²) in [6, 6.07) is 2.51. The van der Waals surface area contributed by atoms with Gasteiger partial charge >= 0.3 is 0 Å². The Morgan fingerprint density at radius 2 is 2.38 bits per heavy atom. The molecule has 1 saturated heterocycles. The summed E-state index contributed by atoms with van der Waals surface area (Å²) in [6.07, 6.45) is 5.72. The molecule has 1 aromatic heterocycles. The van der Waals surface area contributed by atoms with Crippen molar-refractivity contribution in [1.82, 2.24) is 15.3 Å². The van der Waals surface area contributed by atoms with Gasteiger partial charge in [0.05, 0.1) is 0 Å². The Hall–Kier alpha value is -1.16. The molecule has 1 N–H and O–H groups in total. The number of piperidine rings is 1. The third-order valence-electron chi connectivity index (χ3n) is 3.03. The number of nitrogens with one attached hydrogen (secondary N) is 1. The molecule has 0 amide bonds. The Labute approximate surface area is 97.1 Å². The van der Waals surface area contributed by atoms with Gasteiger partial charge in [-0.25, -0.2) is 9.97 Å². The molecule has 0 aromatic carbocycles. The first-order valence-electron chi connectivity index (χ1n) is 6.00. The minimum atomic E-state index is 0.586. The maximum atomic E-state index is 4.43. The van der Waals surface area contributed by atoms with E-state index in [0.717, 1.165) is 24.7 Å². The lowest BCUT2D eigenvalue weighted by molar-refractivity contribution is 0.402. The molecular weight excluding hydrogens is 200 g/mol. The lowest BCUT2D eigenvalue weighted by atomic mass is 10.0. The number of aromatic nitrogens is 2. The zero-order valence-electron chi connectivity index (χ0n) is 10.1. The van der Waals surface area contributed by atoms with E-state index < -0.39 is 0 Å². The van der Waals surface area contributed by atoms with E-state index >= 15 is 0 Å². The fraction of sp³-hybridized carbons (Fsp3) is 0.667. The Morgan fingerprint density at radius 3 is 3.06 bits per heavy atom. The summed E-state index contributed by atoms with van der Waals surface area (Å²) < 4.78 is 0. The lowest BCUT2D eigenvalue weighted by Gasteiger charge is -2.28. The molecule has 0 spiro atoms. The minimum absolute atomic E-state index is 0.586. The Kier molecular flexibility index (Phi) is 3.72. The van der Waals surface area contributed by atoms with Crippen LogP contribution in [0.1, 0.15) is 25.0 Å². The highest BCUT2D eigenvalue weighted by molar-refractivity contribution is 5.28. The average Bonchev–Trinajstić information content (AvgIpc) is 2.30. The zero-order valence-corrected chi connectivity index (χ0v) is 10.1. The number of nitrogens with zero attached hydrogens (tertiary/aromatic N) is 3. The molecule has 4 nitrogen and oxygen atoms in total. The predicted octanol–water partition coefficient (Wildman–Crippen LogP) is 1.36. The standard InChI is InChI=1S/C12H20N4/c1-10-6-8-14-12(15-10)16(2)9-11-5-3-4-7-13-11/h6,8,11,13H,3-5,7,9H2,1-2H3. The van der Waals surface area contributed by atoms with E-state index in [2.05, 4.69) is 27.2 Å². The van der Waals surface area contributed by atoms with Crippen LogP contribution >= 0.6 is 0 Å². The number of hydrogen-bond acceptors (Lipinski definition) is 4. The van der Waals surface area contributed by atoms with Crippen LogP contribution in [0.25, 0.3) is 0 Å². The molecule has 1 unspecified atom stereocenters. The predicted molar refractivity (Wildman–Crippen MR) is 65.7 cm³/mol. The monoisotopic (exact) mass is 220 g/mol. The van der Waals surface area contributed by atoms with Crippen LogP contribution in [0.5, 0.6) is 0 Å². The summed E-state index contributed by atoms with van der Waals surface area (Å²) in [7, 11) is 2.06. The van der Waals surface area contributed by atoms with Crippen LogP contribution in [0.2, 0.25) is 0 Å². The lowest BCUT2D eigenvalue weighted by Crippen LogP contribution is -2.42. The second kappa shape index (κ2) is 5.25. The Balaban J connectivity index is 1.94. The van der Waals surface area contributed by atoms with Crippen molar-refractivity contribution in [2.24, 2.45) is 0 Å². The van der Waals surface area contributed by atoms with Gasteiger partial charge in [-0.1, -0.05) is 6.42 Å². The van der Waals surface area contributed by atoms with Crippen molar-refractivity contribution in [2.75, 3.05) is 25.0 Å². The van der Waals surface area contributed by atoms with Crippen molar-refractivity contribution in [3.63, 3.8) is 0 Å². The zero-order chi connectivity index (χ0) is 11.4. The summed E-state index contributed by atoms with van der Waals surface area (Å²) in [4.78, 5) is 10.9. The third-order valence-corrected chi connectivity index (χ3v) is 3.03. The molecule has 0 radical (unpaired) electrons. The summed E-state index contributed by atoms with van der Waals surface area (Å²) in [6.45, 7) is 4.13. The van der Waals surface area contributed by atoms with Gasteiger partial charge < -0.3 is 10.2 Å². The number of rotatable bonds is 3. The highest BCUT2D eigenvalue weighted by Gasteiger charge is 2.15. The van der Waals surface area contributed by atoms with Crippen LogP contribution in [0.4, 0.5) is 5.95 Å². The number of aryl methyl sites for hydroxylation is 1. The highest BCUT2D eigenvalue weighted by atomic mass is 15.2. The molecule has 2 heterocycles. The Bertz CT molecular complexity index is 334. The first kappa shape index (κ1) is 11.3. The van der Waals surface area contributed by atoms with E-state index in [1.165, 1.54) is 19.3 Å². The van der Waals surface area contributed by atoms with Crippen LogP contribution in [0.15, 0.2) is 12.3 Å². The quantitative estimate of drug-likeness (QED) is 0.835. The molecule has 2 rings (SSSR count). The maximum absolute atomic E-state index is 4.43. The molecule has 16 heavy (non-hydrogen) atoms. The van der Waals surface area contributed by atoms with Gasteiger partial charge in [0.1, 0.15) is 0 Å². The molecule has 0 saturated carbocycles. The molecule has 4 heteroatoms. The van der Waals surface area contributed by atoms with Crippen LogP contribution in [-0.2, 0) is 0 Å². The van der Waals surface area contributed by atoms with Gasteiger partial charge in [0.15, 0.2) is 0 Å². The smallest absolute Gasteiger partial charge is 0.225 e. The van der Waals surface area contributed by atoms with Gasteiger partial charge in [-0.2, -0.15) is 0 Å². The summed E-state index contributed by atoms with van der Waals surface area (Å²) in [5.41, 5.74) is 1.02. The molecule has 1 aliphatic rings. The first-order valence-corrected chi connectivity index (χ1v) is 6.00. The van der Waals surface area contributed by atoms with Gasteiger partial charge in [-0.3, -0.25) is 0 Å². The van der Waals surface area contributed by atoms with Crippen molar-refractivity contribution in [3.05, 3.63) is 18.0 Å². The van der Waals surface area contributed by atoms with Crippen LogP contribution < -0.4 is 10.2 Å². The molecule has 1 atom stereocenters. The summed E-state index contributed by atoms with van der Waals surface area (Å²) in [5, 5.41) is 3.54. The second-order valence-electron chi connectivity index (χ2n) is 4.53. The molecule has 88 valence electrons. The van der Waals surface area contributed by atoms with Crippen molar-refractivity contribution in [3.8, 4) is 0 Å². The van der Waals surface area contributed by atoms with Crippen LogP contribution in [-0.4, -0.2) is 36.1 Å². The fourth-order valence-corrected chi connectivity index (χ4v) is 2.11. The maximum Gasteiger partial charge on any atom is 0.225 e. The fourth-order valence-electron chi connectivity index (χ4n) is 2.11. The van der Waals surface area contributed by atoms with E-state index in [9.17, 15) is 0 Å². The SMILES string of the molecule is Cc1ccnc(N(C)CC2CCCCN2)n1. The normalized spacial score (nSPS) is 20.8. The number of anilines is 1. The van der Waals surface area contributed by atoms with E-state index in [1.807, 2.05) is 19.2 Å². The molecule has 0 bridgehead atoms. The third kappa shape index (κ3) is 2.92. The number of likely N-dealkylation sites (N-methyl/N-ethyl adjacent to an activating group) is 1. The van der Waals surface area contributed by atoms with E-state index in [4.69, 9.17) is 0 Å². The molecule has 0 aliphatic carbocycles. The minimum Gasteiger partial charge on any atom is -0.342 e. The van der Waals surface area contributed by atoms with Gasteiger partial charge in [0.25, 0.3) is 0 Å². The van der Waals surface area contributed by atoms with Crippen molar-refractivity contribution < 1.29 is 0 Å². The van der Waals surface area contributed by atoms with E-state index in [-0.39, 0.29) is 0 Å². The molecular formula is C12H20N4. The number of hydrogen-bond donors (Lipinski definition) is 1. The van der Waals surface area contributed by atoms with Crippen molar-refractivity contribution >= 4 is 5.95 Å². The van der Waals surface area contributed by atoms with Gasteiger partial charge in [0, 0.05) is 31.5 Å². The van der Waals surface area contributed by atoms with Crippen LogP contribution in [0.3, 0.4) is 0 Å². The highest BCUT2D eigenvalue weighted by Crippen LogP contribution is 2.11. The Morgan fingerprint density at radius 1 is 1.50 bits per heavy atom. The van der Waals surface area contributed by atoms with Crippen LogP contribution in [0, 0.1) is 6.92 Å². The second-order valence-corrected chi connectivity index (χ2v) is 4.53. The van der Waals surface area contributed by atoms with E-state index in [1.54, 1.807) is 0 Å².